The van der Waals surface area contributed by atoms with Gasteiger partial charge in [0.2, 0.25) is 5.91 Å². The lowest BCUT2D eigenvalue weighted by Gasteiger charge is -2.15. The molecule has 0 fully saturated rings. The summed E-state index contributed by atoms with van der Waals surface area (Å²) in [4.78, 5) is 13.1. The van der Waals surface area contributed by atoms with Crippen LogP contribution in [-0.2, 0) is 11.2 Å². The second-order valence-electron chi connectivity index (χ2n) is 4.90. The lowest BCUT2D eigenvalue weighted by atomic mass is 10.0. The number of rotatable bonds is 10. The summed E-state index contributed by atoms with van der Waals surface area (Å²) < 4.78 is 0. The molecule has 0 aliphatic carbocycles. The topological polar surface area (TPSA) is 49.3 Å². The zero-order valence-corrected chi connectivity index (χ0v) is 12.5. The van der Waals surface area contributed by atoms with Crippen LogP contribution in [0.5, 0.6) is 0 Å². The third-order valence-corrected chi connectivity index (χ3v) is 4.17. The normalized spacial score (nSPS) is 12.3. The number of amides is 1. The molecule has 1 rings (SSSR count). The minimum Gasteiger partial charge on any atom is -0.396 e. The van der Waals surface area contributed by atoms with E-state index in [1.54, 1.807) is 11.3 Å². The molecule has 0 aliphatic rings. The largest absolute Gasteiger partial charge is 0.396 e. The van der Waals surface area contributed by atoms with Gasteiger partial charge in [-0.2, -0.15) is 0 Å². The molecule has 1 aromatic heterocycles. The first-order valence-corrected chi connectivity index (χ1v) is 8.04. The van der Waals surface area contributed by atoms with E-state index in [4.69, 9.17) is 5.11 Å². The van der Waals surface area contributed by atoms with Gasteiger partial charge in [0.05, 0.1) is 0 Å². The van der Waals surface area contributed by atoms with E-state index in [0.717, 1.165) is 32.1 Å². The van der Waals surface area contributed by atoms with E-state index in [2.05, 4.69) is 23.7 Å². The zero-order chi connectivity index (χ0) is 13.9. The first kappa shape index (κ1) is 16.2. The van der Waals surface area contributed by atoms with Gasteiger partial charge >= 0.3 is 0 Å². The minimum atomic E-state index is 0.135. The average molecular weight is 283 g/mol. The van der Waals surface area contributed by atoms with Gasteiger partial charge in [-0.3, -0.25) is 4.79 Å². The van der Waals surface area contributed by atoms with Crippen molar-refractivity contribution in [1.29, 1.82) is 0 Å². The zero-order valence-electron chi connectivity index (χ0n) is 11.7. The Labute approximate surface area is 120 Å². The summed E-state index contributed by atoms with van der Waals surface area (Å²) in [5.41, 5.74) is 0. The molecule has 4 heteroatoms. The summed E-state index contributed by atoms with van der Waals surface area (Å²) in [5, 5.41) is 14.0. The SMILES string of the molecule is CCCC(CCO)CNC(=O)CCCc1cccs1. The van der Waals surface area contributed by atoms with Crippen LogP contribution in [0, 0.1) is 5.92 Å². The van der Waals surface area contributed by atoms with Crippen LogP contribution < -0.4 is 5.32 Å². The van der Waals surface area contributed by atoms with Gasteiger partial charge in [0, 0.05) is 24.4 Å². The fraction of sp³-hybridized carbons (Fsp3) is 0.667. The Kier molecular flexibility index (Phi) is 8.50. The van der Waals surface area contributed by atoms with Crippen molar-refractivity contribution in [3.05, 3.63) is 22.4 Å². The van der Waals surface area contributed by atoms with E-state index >= 15 is 0 Å². The highest BCUT2D eigenvalue weighted by Crippen LogP contribution is 2.12. The Morgan fingerprint density at radius 2 is 2.32 bits per heavy atom. The highest BCUT2D eigenvalue weighted by Gasteiger charge is 2.09. The lowest BCUT2D eigenvalue weighted by molar-refractivity contribution is -0.121. The first-order chi connectivity index (χ1) is 9.26. The fourth-order valence-electron chi connectivity index (χ4n) is 2.16. The van der Waals surface area contributed by atoms with Crippen molar-refractivity contribution in [3.63, 3.8) is 0 Å². The molecule has 1 aromatic rings. The van der Waals surface area contributed by atoms with Gasteiger partial charge in [0.1, 0.15) is 0 Å². The van der Waals surface area contributed by atoms with Crippen molar-refractivity contribution in [1.82, 2.24) is 5.32 Å². The van der Waals surface area contributed by atoms with Crippen molar-refractivity contribution in [2.75, 3.05) is 13.2 Å². The number of hydrogen-bond donors (Lipinski definition) is 2. The number of hydrogen-bond acceptors (Lipinski definition) is 3. The van der Waals surface area contributed by atoms with E-state index < -0.39 is 0 Å². The van der Waals surface area contributed by atoms with E-state index in [1.807, 2.05) is 6.07 Å². The number of carbonyl (C=O) groups excluding carboxylic acids is 1. The van der Waals surface area contributed by atoms with E-state index in [-0.39, 0.29) is 12.5 Å². The van der Waals surface area contributed by atoms with Gasteiger partial charge in [-0.25, -0.2) is 0 Å². The second kappa shape index (κ2) is 9.98. The van der Waals surface area contributed by atoms with Crippen LogP contribution in [0.2, 0.25) is 0 Å². The van der Waals surface area contributed by atoms with E-state index in [0.29, 0.717) is 18.9 Å². The van der Waals surface area contributed by atoms with Crippen LogP contribution in [-0.4, -0.2) is 24.2 Å². The van der Waals surface area contributed by atoms with Gasteiger partial charge in [-0.15, -0.1) is 11.3 Å². The predicted octanol–water partition coefficient (Wildman–Crippen LogP) is 2.99. The molecule has 0 saturated carbocycles. The third-order valence-electron chi connectivity index (χ3n) is 3.23. The van der Waals surface area contributed by atoms with Crippen molar-refractivity contribution in [2.45, 2.75) is 45.4 Å². The van der Waals surface area contributed by atoms with Crippen molar-refractivity contribution >= 4 is 17.2 Å². The number of aliphatic hydroxyl groups is 1. The smallest absolute Gasteiger partial charge is 0.220 e. The number of nitrogens with one attached hydrogen (secondary N) is 1. The Morgan fingerprint density at radius 1 is 1.47 bits per heavy atom. The summed E-state index contributed by atoms with van der Waals surface area (Å²) in [7, 11) is 0. The molecular formula is C15H25NO2S. The summed E-state index contributed by atoms with van der Waals surface area (Å²) in [6.45, 7) is 3.04. The van der Waals surface area contributed by atoms with Crippen molar-refractivity contribution in [2.24, 2.45) is 5.92 Å². The number of aryl methyl sites for hydroxylation is 1. The van der Waals surface area contributed by atoms with E-state index in [1.165, 1.54) is 4.88 Å². The maximum Gasteiger partial charge on any atom is 0.220 e. The van der Waals surface area contributed by atoms with Gasteiger partial charge in [0.25, 0.3) is 0 Å². The number of thiophene rings is 1. The Hall–Kier alpha value is -0.870. The maximum absolute atomic E-state index is 11.7. The summed E-state index contributed by atoms with van der Waals surface area (Å²) in [6.07, 6.45) is 5.43. The molecule has 0 aromatic carbocycles. The number of carbonyl (C=O) groups is 1. The molecule has 2 N–H and O–H groups in total. The quantitative estimate of drug-likeness (QED) is 0.693. The Bertz CT molecular complexity index is 332. The van der Waals surface area contributed by atoms with Crippen LogP contribution in [0.4, 0.5) is 0 Å². The van der Waals surface area contributed by atoms with Gasteiger partial charge in [-0.1, -0.05) is 19.4 Å². The fourth-order valence-corrected chi connectivity index (χ4v) is 2.92. The average Bonchev–Trinajstić information content (AvgIpc) is 2.90. The van der Waals surface area contributed by atoms with Crippen molar-refractivity contribution < 1.29 is 9.90 Å². The third kappa shape index (κ3) is 7.33. The molecule has 0 aliphatic heterocycles. The van der Waals surface area contributed by atoms with Crippen LogP contribution in [0.3, 0.4) is 0 Å². The summed E-state index contributed by atoms with van der Waals surface area (Å²) >= 11 is 1.75. The maximum atomic E-state index is 11.7. The molecule has 0 spiro atoms. The molecular weight excluding hydrogens is 258 g/mol. The summed E-state index contributed by atoms with van der Waals surface area (Å²) in [5.74, 6) is 0.548. The van der Waals surface area contributed by atoms with Crippen LogP contribution in [0.15, 0.2) is 17.5 Å². The second-order valence-corrected chi connectivity index (χ2v) is 5.94. The Morgan fingerprint density at radius 3 is 2.95 bits per heavy atom. The molecule has 0 radical (unpaired) electrons. The lowest BCUT2D eigenvalue weighted by Crippen LogP contribution is -2.29. The minimum absolute atomic E-state index is 0.135. The molecule has 1 unspecified atom stereocenters. The molecule has 1 atom stereocenters. The van der Waals surface area contributed by atoms with Crippen LogP contribution in [0.25, 0.3) is 0 Å². The first-order valence-electron chi connectivity index (χ1n) is 7.16. The highest BCUT2D eigenvalue weighted by molar-refractivity contribution is 7.09. The molecule has 0 bridgehead atoms. The highest BCUT2D eigenvalue weighted by atomic mass is 32.1. The number of aliphatic hydroxyl groups excluding tert-OH is 1. The van der Waals surface area contributed by atoms with Crippen LogP contribution in [0.1, 0.15) is 43.9 Å². The molecule has 0 saturated heterocycles. The van der Waals surface area contributed by atoms with Gasteiger partial charge in [-0.05, 0) is 43.0 Å². The molecule has 108 valence electrons. The molecule has 1 heterocycles. The van der Waals surface area contributed by atoms with Gasteiger partial charge < -0.3 is 10.4 Å². The van der Waals surface area contributed by atoms with Gasteiger partial charge in [0.15, 0.2) is 0 Å². The molecule has 3 nitrogen and oxygen atoms in total. The Balaban J connectivity index is 2.12. The van der Waals surface area contributed by atoms with Crippen molar-refractivity contribution in [3.8, 4) is 0 Å². The predicted molar refractivity (Wildman–Crippen MR) is 80.4 cm³/mol. The van der Waals surface area contributed by atoms with E-state index in [9.17, 15) is 4.79 Å². The van der Waals surface area contributed by atoms with Crippen LogP contribution >= 0.6 is 11.3 Å². The standard InChI is InChI=1S/C15H25NO2S/c1-2-5-13(9-10-17)12-16-15(18)8-3-6-14-7-4-11-19-14/h4,7,11,13,17H,2-3,5-6,8-10,12H2,1H3,(H,16,18). The monoisotopic (exact) mass is 283 g/mol. The molecule has 1 amide bonds. The summed E-state index contributed by atoms with van der Waals surface area (Å²) in [6, 6.07) is 4.16. The molecule has 19 heavy (non-hydrogen) atoms.